The Bertz CT molecular complexity index is 1230. The van der Waals surface area contributed by atoms with E-state index in [1.54, 1.807) is 17.1 Å². The van der Waals surface area contributed by atoms with E-state index in [4.69, 9.17) is 0 Å². The quantitative estimate of drug-likeness (QED) is 0.580. The fourth-order valence-corrected chi connectivity index (χ4v) is 4.09. The SMILES string of the molecule is Cc1cc(-c2ccnc(Nc3cnn(C)c3)n2)ccc1CN1CCN(CC(C)(C)C#N)CC1=O. The van der Waals surface area contributed by atoms with E-state index in [0.29, 0.717) is 32.1 Å². The molecule has 1 saturated heterocycles. The first-order valence-corrected chi connectivity index (χ1v) is 11.3. The molecule has 0 saturated carbocycles. The third-order valence-electron chi connectivity index (χ3n) is 5.94. The molecule has 9 nitrogen and oxygen atoms in total. The monoisotopic (exact) mass is 458 g/mol. The Labute approximate surface area is 200 Å². The van der Waals surface area contributed by atoms with Crippen LogP contribution in [0.4, 0.5) is 11.6 Å². The molecule has 0 spiro atoms. The number of hydrogen-bond donors (Lipinski definition) is 1. The van der Waals surface area contributed by atoms with E-state index in [2.05, 4.69) is 50.4 Å². The summed E-state index contributed by atoms with van der Waals surface area (Å²) in [5.74, 6) is 0.612. The normalized spacial score (nSPS) is 14.8. The standard InChI is InChI=1S/C25H30N8O/c1-18-11-19(22-7-8-27-24(30-22)29-21-12-28-31(4)14-21)5-6-20(18)13-33-10-9-32(15-23(33)34)17-25(2,3)16-26/h5-8,11-12,14H,9-10,13,15,17H2,1-4H3,(H,27,29,30). The lowest BCUT2D eigenvalue weighted by Crippen LogP contribution is -2.51. The molecular formula is C25H30N8O. The van der Waals surface area contributed by atoms with Gasteiger partial charge in [-0.3, -0.25) is 14.4 Å². The van der Waals surface area contributed by atoms with Gasteiger partial charge in [0.05, 0.1) is 35.6 Å². The van der Waals surface area contributed by atoms with Gasteiger partial charge < -0.3 is 10.2 Å². The van der Waals surface area contributed by atoms with Gasteiger partial charge in [0.15, 0.2) is 0 Å². The van der Waals surface area contributed by atoms with Crippen molar-refractivity contribution in [3.8, 4) is 17.3 Å². The highest BCUT2D eigenvalue weighted by atomic mass is 16.2. The molecule has 0 radical (unpaired) electrons. The number of nitrogens with one attached hydrogen (secondary N) is 1. The molecule has 3 heterocycles. The minimum absolute atomic E-state index is 0.102. The van der Waals surface area contributed by atoms with Gasteiger partial charge in [0.1, 0.15) is 0 Å². The Morgan fingerprint density at radius 1 is 1.24 bits per heavy atom. The third kappa shape index (κ3) is 5.58. The molecule has 1 N–H and O–H groups in total. The summed E-state index contributed by atoms with van der Waals surface area (Å²) < 4.78 is 1.71. The van der Waals surface area contributed by atoms with Crippen LogP contribution in [0.5, 0.6) is 0 Å². The molecule has 3 aromatic rings. The smallest absolute Gasteiger partial charge is 0.237 e. The highest BCUT2D eigenvalue weighted by molar-refractivity contribution is 5.79. The summed E-state index contributed by atoms with van der Waals surface area (Å²) in [6.45, 7) is 8.86. The second-order valence-corrected chi connectivity index (χ2v) is 9.46. The molecule has 0 atom stereocenters. The predicted molar refractivity (Wildman–Crippen MR) is 130 cm³/mol. The molecule has 34 heavy (non-hydrogen) atoms. The van der Waals surface area contributed by atoms with E-state index in [-0.39, 0.29) is 5.91 Å². The number of nitriles is 1. The van der Waals surface area contributed by atoms with Crippen molar-refractivity contribution < 1.29 is 4.79 Å². The fraction of sp³-hybridized carbons (Fsp3) is 0.400. The predicted octanol–water partition coefficient (Wildman–Crippen LogP) is 3.12. The molecule has 0 bridgehead atoms. The number of piperazine rings is 1. The van der Waals surface area contributed by atoms with Crippen molar-refractivity contribution in [3.05, 3.63) is 54.0 Å². The molecule has 9 heteroatoms. The highest BCUT2D eigenvalue weighted by Crippen LogP contribution is 2.24. The van der Waals surface area contributed by atoms with Crippen molar-refractivity contribution >= 4 is 17.5 Å². The van der Waals surface area contributed by atoms with Crippen LogP contribution in [0.25, 0.3) is 11.3 Å². The molecular weight excluding hydrogens is 428 g/mol. The summed E-state index contributed by atoms with van der Waals surface area (Å²) in [7, 11) is 1.86. The molecule has 1 fully saturated rings. The minimum Gasteiger partial charge on any atom is -0.336 e. The van der Waals surface area contributed by atoms with Crippen molar-refractivity contribution in [2.45, 2.75) is 27.3 Å². The van der Waals surface area contributed by atoms with Gasteiger partial charge in [-0.05, 0) is 44.0 Å². The maximum absolute atomic E-state index is 12.7. The van der Waals surface area contributed by atoms with Gasteiger partial charge in [0.25, 0.3) is 0 Å². The Morgan fingerprint density at radius 2 is 2.06 bits per heavy atom. The van der Waals surface area contributed by atoms with Gasteiger partial charge in [0.2, 0.25) is 11.9 Å². The largest absolute Gasteiger partial charge is 0.336 e. The van der Waals surface area contributed by atoms with Crippen LogP contribution in [0.1, 0.15) is 25.0 Å². The Balaban J connectivity index is 1.42. The number of carbonyl (C=O) groups excluding carboxylic acids is 1. The average Bonchev–Trinajstić information content (AvgIpc) is 3.21. The molecule has 176 valence electrons. The van der Waals surface area contributed by atoms with Gasteiger partial charge in [-0.25, -0.2) is 9.97 Å². The van der Waals surface area contributed by atoms with Crippen LogP contribution in [0.15, 0.2) is 42.9 Å². The van der Waals surface area contributed by atoms with E-state index in [9.17, 15) is 10.1 Å². The number of rotatable bonds is 7. The number of hydrogen-bond acceptors (Lipinski definition) is 7. The number of anilines is 2. The Hall–Kier alpha value is -3.77. The number of aromatic nitrogens is 4. The van der Waals surface area contributed by atoms with Crippen LogP contribution in [-0.4, -0.2) is 61.6 Å². The second-order valence-electron chi connectivity index (χ2n) is 9.46. The Morgan fingerprint density at radius 3 is 2.74 bits per heavy atom. The number of nitrogens with zero attached hydrogens (tertiary/aromatic N) is 7. The number of amides is 1. The average molecular weight is 459 g/mol. The summed E-state index contributed by atoms with van der Waals surface area (Å²) in [5.41, 5.74) is 4.41. The van der Waals surface area contributed by atoms with Gasteiger partial charge in [-0.15, -0.1) is 0 Å². The lowest BCUT2D eigenvalue weighted by molar-refractivity contribution is -0.137. The summed E-state index contributed by atoms with van der Waals surface area (Å²) in [5, 5.41) is 16.6. The highest BCUT2D eigenvalue weighted by Gasteiger charge is 2.28. The summed E-state index contributed by atoms with van der Waals surface area (Å²) in [6.07, 6.45) is 5.32. The number of aryl methyl sites for hydroxylation is 2. The van der Waals surface area contributed by atoms with E-state index in [0.717, 1.165) is 34.6 Å². The second kappa shape index (κ2) is 9.61. The van der Waals surface area contributed by atoms with Crippen LogP contribution in [0, 0.1) is 23.7 Å². The zero-order valence-electron chi connectivity index (χ0n) is 20.1. The lowest BCUT2D eigenvalue weighted by Gasteiger charge is -2.36. The van der Waals surface area contributed by atoms with Crippen molar-refractivity contribution in [1.29, 1.82) is 5.26 Å². The van der Waals surface area contributed by atoms with Crippen LogP contribution in [-0.2, 0) is 18.4 Å². The van der Waals surface area contributed by atoms with Crippen molar-refractivity contribution in [1.82, 2.24) is 29.5 Å². The topological polar surface area (TPSA) is 103 Å². The van der Waals surface area contributed by atoms with Crippen LogP contribution >= 0.6 is 0 Å². The van der Waals surface area contributed by atoms with Crippen LogP contribution < -0.4 is 5.32 Å². The fourth-order valence-electron chi connectivity index (χ4n) is 4.09. The first kappa shape index (κ1) is 23.4. The first-order valence-electron chi connectivity index (χ1n) is 11.3. The van der Waals surface area contributed by atoms with Crippen LogP contribution in [0.3, 0.4) is 0 Å². The third-order valence-corrected chi connectivity index (χ3v) is 5.94. The molecule has 0 aliphatic carbocycles. The number of carbonyl (C=O) groups is 1. The summed E-state index contributed by atoms with van der Waals surface area (Å²) >= 11 is 0. The summed E-state index contributed by atoms with van der Waals surface area (Å²) in [6, 6.07) is 10.4. The molecule has 2 aromatic heterocycles. The van der Waals surface area contributed by atoms with E-state index >= 15 is 0 Å². The molecule has 1 aromatic carbocycles. The maximum Gasteiger partial charge on any atom is 0.237 e. The van der Waals surface area contributed by atoms with Gasteiger partial charge in [0, 0.05) is 51.2 Å². The number of benzene rings is 1. The van der Waals surface area contributed by atoms with Crippen LogP contribution in [0.2, 0.25) is 0 Å². The molecule has 1 aliphatic rings. The first-order chi connectivity index (χ1) is 16.2. The Kier molecular flexibility index (Phi) is 6.61. The minimum atomic E-state index is -0.455. The van der Waals surface area contributed by atoms with E-state index in [1.807, 2.05) is 44.1 Å². The van der Waals surface area contributed by atoms with Crippen molar-refractivity contribution in [3.63, 3.8) is 0 Å². The van der Waals surface area contributed by atoms with Gasteiger partial charge in [-0.1, -0.05) is 12.1 Å². The molecule has 0 unspecified atom stereocenters. The zero-order valence-corrected chi connectivity index (χ0v) is 20.1. The van der Waals surface area contributed by atoms with E-state index in [1.165, 1.54) is 0 Å². The molecule has 4 rings (SSSR count). The summed E-state index contributed by atoms with van der Waals surface area (Å²) in [4.78, 5) is 25.7. The zero-order chi connectivity index (χ0) is 24.3. The van der Waals surface area contributed by atoms with Crippen molar-refractivity contribution in [2.24, 2.45) is 12.5 Å². The maximum atomic E-state index is 12.7. The van der Waals surface area contributed by atoms with E-state index < -0.39 is 5.41 Å². The molecule has 1 aliphatic heterocycles. The molecule has 1 amide bonds. The van der Waals surface area contributed by atoms with Gasteiger partial charge in [-0.2, -0.15) is 10.4 Å². The lowest BCUT2D eigenvalue weighted by atomic mass is 9.95. The van der Waals surface area contributed by atoms with Crippen molar-refractivity contribution in [2.75, 3.05) is 31.5 Å². The van der Waals surface area contributed by atoms with Gasteiger partial charge >= 0.3 is 0 Å².